The Balaban J connectivity index is 1.55. The van der Waals surface area contributed by atoms with Gasteiger partial charge in [0.2, 0.25) is 11.7 Å². The molecule has 0 unspecified atom stereocenters. The molecule has 33 heavy (non-hydrogen) atoms. The molecule has 0 aliphatic rings. The first-order valence-electron chi connectivity index (χ1n) is 10.3. The highest BCUT2D eigenvalue weighted by Crippen LogP contribution is 2.20. The van der Waals surface area contributed by atoms with E-state index in [0.29, 0.717) is 21.8 Å². The van der Waals surface area contributed by atoms with Gasteiger partial charge >= 0.3 is 5.69 Å². The van der Waals surface area contributed by atoms with Gasteiger partial charge in [0, 0.05) is 5.56 Å². The molecule has 166 valence electrons. The molecule has 0 radical (unpaired) electrons. The molecular formula is C24H20N4O4S. The van der Waals surface area contributed by atoms with Gasteiger partial charge in [0.05, 0.1) is 19.2 Å². The largest absolute Gasteiger partial charge is 0.497 e. The number of hydrogen-bond donors (Lipinski definition) is 0. The molecule has 5 rings (SSSR count). The van der Waals surface area contributed by atoms with E-state index in [1.165, 1.54) is 20.5 Å². The molecule has 0 aliphatic heterocycles. The lowest BCUT2D eigenvalue weighted by molar-refractivity contribution is 0.369. The minimum Gasteiger partial charge on any atom is -0.497 e. The molecular weight excluding hydrogens is 440 g/mol. The third-order valence-electron chi connectivity index (χ3n) is 5.35. The summed E-state index contributed by atoms with van der Waals surface area (Å²) in [7, 11) is 1.57. The number of methoxy groups -OCH3 is 1. The molecule has 0 aliphatic carbocycles. The SMILES string of the molecule is COc1cccc(Cn2c(=O)c3sccc3n(Cc3nc(-c4cccc(C)c4)no3)c2=O)c1. The molecule has 0 atom stereocenters. The van der Waals surface area contributed by atoms with Gasteiger partial charge in [0.1, 0.15) is 17.0 Å². The van der Waals surface area contributed by atoms with Gasteiger partial charge in [-0.2, -0.15) is 4.98 Å². The van der Waals surface area contributed by atoms with Crippen LogP contribution >= 0.6 is 11.3 Å². The van der Waals surface area contributed by atoms with Gasteiger partial charge in [-0.15, -0.1) is 11.3 Å². The highest BCUT2D eigenvalue weighted by Gasteiger charge is 2.18. The normalized spacial score (nSPS) is 11.2. The standard InChI is InChI=1S/C24H20N4O4S/c1-15-5-3-7-17(11-15)22-25-20(32-26-22)14-27-19-9-10-33-21(19)23(29)28(24(27)30)13-16-6-4-8-18(12-16)31-2/h3-12H,13-14H2,1-2H3. The fourth-order valence-corrected chi connectivity index (χ4v) is 4.58. The molecule has 0 saturated carbocycles. The summed E-state index contributed by atoms with van der Waals surface area (Å²) in [6, 6.07) is 16.8. The number of aryl methyl sites for hydroxylation is 1. The average molecular weight is 461 g/mol. The fraction of sp³-hybridized carbons (Fsp3) is 0.167. The molecule has 0 fully saturated rings. The van der Waals surface area contributed by atoms with Crippen molar-refractivity contribution < 1.29 is 9.26 Å². The molecule has 9 heteroatoms. The van der Waals surface area contributed by atoms with Crippen molar-refractivity contribution in [1.82, 2.24) is 19.3 Å². The summed E-state index contributed by atoms with van der Waals surface area (Å²) in [6.07, 6.45) is 0. The van der Waals surface area contributed by atoms with Crippen LogP contribution < -0.4 is 16.0 Å². The second kappa shape index (κ2) is 8.51. The number of fused-ring (bicyclic) bond motifs is 1. The number of hydrogen-bond acceptors (Lipinski definition) is 7. The van der Waals surface area contributed by atoms with E-state index in [0.717, 1.165) is 16.7 Å². The zero-order valence-corrected chi connectivity index (χ0v) is 18.8. The zero-order chi connectivity index (χ0) is 22.9. The first-order chi connectivity index (χ1) is 16.0. The van der Waals surface area contributed by atoms with Crippen molar-refractivity contribution in [2.24, 2.45) is 0 Å². The number of benzene rings is 2. The minimum atomic E-state index is -0.441. The van der Waals surface area contributed by atoms with Gasteiger partial charge in [0.25, 0.3) is 5.56 Å². The third kappa shape index (κ3) is 3.98. The molecule has 5 aromatic rings. The van der Waals surface area contributed by atoms with Crippen molar-refractivity contribution in [2.75, 3.05) is 7.11 Å². The van der Waals surface area contributed by atoms with Crippen molar-refractivity contribution in [3.8, 4) is 17.1 Å². The molecule has 8 nitrogen and oxygen atoms in total. The minimum absolute atomic E-state index is 0.0588. The zero-order valence-electron chi connectivity index (χ0n) is 18.0. The molecule has 3 aromatic heterocycles. The molecule has 0 N–H and O–H groups in total. The maximum absolute atomic E-state index is 13.4. The van der Waals surface area contributed by atoms with E-state index < -0.39 is 5.69 Å². The van der Waals surface area contributed by atoms with Crippen molar-refractivity contribution in [3.05, 3.63) is 97.8 Å². The Morgan fingerprint density at radius 1 is 1.03 bits per heavy atom. The van der Waals surface area contributed by atoms with Crippen LogP contribution in [0.5, 0.6) is 5.75 Å². The fourth-order valence-electron chi connectivity index (χ4n) is 3.73. The summed E-state index contributed by atoms with van der Waals surface area (Å²) < 4.78 is 13.9. The number of aromatic nitrogens is 4. The monoisotopic (exact) mass is 460 g/mol. The Labute approximate surface area is 192 Å². The van der Waals surface area contributed by atoms with Gasteiger partial charge in [-0.1, -0.05) is 41.1 Å². The van der Waals surface area contributed by atoms with Crippen LogP contribution in [0.2, 0.25) is 0 Å². The van der Waals surface area contributed by atoms with Crippen molar-refractivity contribution in [2.45, 2.75) is 20.0 Å². The highest BCUT2D eigenvalue weighted by atomic mass is 32.1. The topological polar surface area (TPSA) is 92.2 Å². The van der Waals surface area contributed by atoms with Crippen molar-refractivity contribution >= 4 is 21.6 Å². The quantitative estimate of drug-likeness (QED) is 0.384. The van der Waals surface area contributed by atoms with E-state index in [9.17, 15) is 9.59 Å². The number of rotatable bonds is 6. The Bertz CT molecular complexity index is 1580. The Morgan fingerprint density at radius 2 is 1.88 bits per heavy atom. The smallest absolute Gasteiger partial charge is 0.332 e. The summed E-state index contributed by atoms with van der Waals surface area (Å²) >= 11 is 1.30. The first kappa shape index (κ1) is 20.9. The van der Waals surface area contributed by atoms with E-state index in [4.69, 9.17) is 9.26 Å². The maximum Gasteiger partial charge on any atom is 0.332 e. The number of ether oxygens (including phenoxy) is 1. The molecule has 0 amide bonds. The molecule has 2 aromatic carbocycles. The lowest BCUT2D eigenvalue weighted by Gasteiger charge is -2.11. The summed E-state index contributed by atoms with van der Waals surface area (Å²) in [5.74, 6) is 1.40. The Kier molecular flexibility index (Phi) is 5.39. The summed E-state index contributed by atoms with van der Waals surface area (Å²) in [6.45, 7) is 2.17. The van der Waals surface area contributed by atoms with Gasteiger partial charge in [-0.25, -0.2) is 4.79 Å². The van der Waals surface area contributed by atoms with Crippen LogP contribution in [0.25, 0.3) is 21.6 Å². The van der Waals surface area contributed by atoms with E-state index in [-0.39, 0.29) is 24.5 Å². The second-order valence-corrected chi connectivity index (χ2v) is 8.54. The van der Waals surface area contributed by atoms with Crippen LogP contribution in [-0.2, 0) is 13.1 Å². The van der Waals surface area contributed by atoms with Gasteiger partial charge in [-0.3, -0.25) is 13.9 Å². The van der Waals surface area contributed by atoms with E-state index in [2.05, 4.69) is 10.1 Å². The lowest BCUT2D eigenvalue weighted by atomic mass is 10.1. The van der Waals surface area contributed by atoms with Crippen LogP contribution in [0.15, 0.2) is 74.1 Å². The van der Waals surface area contributed by atoms with Crippen LogP contribution in [-0.4, -0.2) is 26.4 Å². The van der Waals surface area contributed by atoms with E-state index in [1.54, 1.807) is 24.6 Å². The average Bonchev–Trinajstić information content (AvgIpc) is 3.50. The molecule has 0 spiro atoms. The van der Waals surface area contributed by atoms with Crippen LogP contribution in [0.4, 0.5) is 0 Å². The van der Waals surface area contributed by atoms with Gasteiger partial charge in [-0.05, 0) is 42.1 Å². The summed E-state index contributed by atoms with van der Waals surface area (Å²) in [4.78, 5) is 30.9. The summed E-state index contributed by atoms with van der Waals surface area (Å²) in [5.41, 5.74) is 2.49. The molecule has 3 heterocycles. The predicted molar refractivity (Wildman–Crippen MR) is 126 cm³/mol. The van der Waals surface area contributed by atoms with Crippen molar-refractivity contribution in [3.63, 3.8) is 0 Å². The van der Waals surface area contributed by atoms with Crippen molar-refractivity contribution in [1.29, 1.82) is 0 Å². The number of thiophene rings is 1. The number of nitrogens with zero attached hydrogens (tertiary/aromatic N) is 4. The lowest BCUT2D eigenvalue weighted by Crippen LogP contribution is -2.40. The van der Waals surface area contributed by atoms with E-state index >= 15 is 0 Å². The van der Waals surface area contributed by atoms with Gasteiger partial charge in [0.15, 0.2) is 0 Å². The highest BCUT2D eigenvalue weighted by molar-refractivity contribution is 7.17. The molecule has 0 bridgehead atoms. The third-order valence-corrected chi connectivity index (χ3v) is 6.24. The summed E-state index contributed by atoms with van der Waals surface area (Å²) in [5, 5.41) is 5.86. The second-order valence-electron chi connectivity index (χ2n) is 7.63. The van der Waals surface area contributed by atoms with E-state index in [1.807, 2.05) is 49.4 Å². The van der Waals surface area contributed by atoms with Crippen LogP contribution in [0.1, 0.15) is 17.0 Å². The Hall–Kier alpha value is -3.98. The van der Waals surface area contributed by atoms with Gasteiger partial charge < -0.3 is 9.26 Å². The molecule has 0 saturated heterocycles. The first-order valence-corrected chi connectivity index (χ1v) is 11.1. The van der Waals surface area contributed by atoms with Crippen LogP contribution in [0.3, 0.4) is 0 Å². The predicted octanol–water partition coefficient (Wildman–Crippen LogP) is 3.69. The Morgan fingerprint density at radius 3 is 2.70 bits per heavy atom. The maximum atomic E-state index is 13.4. The van der Waals surface area contributed by atoms with Crippen LogP contribution in [0, 0.1) is 6.92 Å².